The monoisotopic (exact) mass is 426 g/mol. The number of aryl methyl sites for hydroxylation is 1. The molecule has 0 bridgehead atoms. The zero-order chi connectivity index (χ0) is 21.7. The van der Waals surface area contributed by atoms with E-state index in [0.717, 1.165) is 11.1 Å². The van der Waals surface area contributed by atoms with E-state index in [9.17, 15) is 13.2 Å². The Morgan fingerprint density at radius 2 is 2.00 bits per heavy atom. The van der Waals surface area contributed by atoms with E-state index in [-0.39, 0.29) is 23.5 Å². The molecule has 2 aromatic heterocycles. The third-order valence-electron chi connectivity index (χ3n) is 5.64. The second-order valence-electron chi connectivity index (χ2n) is 8.65. The summed E-state index contributed by atoms with van der Waals surface area (Å²) >= 11 is 0. The maximum Gasteiger partial charge on any atom is 0.252 e. The largest absolute Gasteiger partial charge is 0.346 e. The first-order chi connectivity index (χ1) is 14.1. The van der Waals surface area contributed by atoms with Crippen molar-refractivity contribution in [3.63, 3.8) is 0 Å². The van der Waals surface area contributed by atoms with Crippen LogP contribution in [0, 0.1) is 6.92 Å². The molecule has 1 N–H and O–H groups in total. The number of rotatable bonds is 4. The minimum absolute atomic E-state index is 0.0458. The molecule has 3 heterocycles. The van der Waals surface area contributed by atoms with Crippen LogP contribution in [0.4, 0.5) is 0 Å². The number of pyridine rings is 1. The Morgan fingerprint density at radius 3 is 2.63 bits per heavy atom. The van der Waals surface area contributed by atoms with Gasteiger partial charge in [-0.3, -0.25) is 4.79 Å². The van der Waals surface area contributed by atoms with Gasteiger partial charge in [0.05, 0.1) is 39.9 Å². The predicted molar refractivity (Wildman–Crippen MR) is 117 cm³/mol. The number of carbonyl (C=O) groups excluding carboxylic acids is 1. The summed E-state index contributed by atoms with van der Waals surface area (Å²) in [6, 6.07) is 9.75. The minimum atomic E-state index is -3.13. The normalized spacial score (nSPS) is 20.7. The summed E-state index contributed by atoms with van der Waals surface area (Å²) in [6.45, 7) is 7.82. The highest BCUT2D eigenvalue weighted by molar-refractivity contribution is 7.91. The summed E-state index contributed by atoms with van der Waals surface area (Å²) in [4.78, 5) is 18.1. The molecular formula is C22H26N4O3S. The highest BCUT2D eigenvalue weighted by Gasteiger charge is 2.40. The van der Waals surface area contributed by atoms with Crippen LogP contribution in [0.2, 0.25) is 0 Å². The van der Waals surface area contributed by atoms with E-state index in [2.05, 4.69) is 10.4 Å². The summed E-state index contributed by atoms with van der Waals surface area (Å²) in [5.41, 5.74) is 3.01. The van der Waals surface area contributed by atoms with Gasteiger partial charge in [0.25, 0.3) is 5.91 Å². The average molecular weight is 427 g/mol. The second-order valence-corrected chi connectivity index (χ2v) is 10.8. The molecule has 7 nitrogen and oxygen atoms in total. The first-order valence-electron chi connectivity index (χ1n) is 10.1. The van der Waals surface area contributed by atoms with E-state index in [4.69, 9.17) is 4.98 Å². The van der Waals surface area contributed by atoms with E-state index >= 15 is 0 Å². The average Bonchev–Trinajstić information content (AvgIpc) is 3.21. The van der Waals surface area contributed by atoms with Crippen LogP contribution in [0.1, 0.15) is 49.2 Å². The quantitative estimate of drug-likeness (QED) is 0.691. The number of aromatic nitrogens is 3. The van der Waals surface area contributed by atoms with E-state index in [1.807, 2.05) is 45.0 Å². The maximum atomic E-state index is 13.3. The van der Waals surface area contributed by atoms with Crippen LogP contribution in [-0.4, -0.2) is 46.1 Å². The lowest BCUT2D eigenvalue weighted by atomic mass is 9.99. The molecule has 4 rings (SSSR count). The van der Waals surface area contributed by atoms with Gasteiger partial charge in [0.15, 0.2) is 15.5 Å². The predicted octanol–water partition coefficient (Wildman–Crippen LogP) is 3.29. The Labute approximate surface area is 176 Å². The molecule has 1 aromatic carbocycles. The molecule has 1 atom stereocenters. The molecule has 0 spiro atoms. The third kappa shape index (κ3) is 3.71. The standard InChI is InChI=1S/C22H26N4O3S/c1-14(2)26-20-18(12-23-26)17(11-19(24-20)16-8-6-5-7-15(16)3)21(27)25-22(4)9-10-30(28,29)13-22/h5-8,11-12,14H,9-10,13H2,1-4H3,(H,25,27). The number of amides is 1. The van der Waals surface area contributed by atoms with Crippen molar-refractivity contribution < 1.29 is 13.2 Å². The number of benzene rings is 1. The molecule has 0 aliphatic carbocycles. The summed E-state index contributed by atoms with van der Waals surface area (Å²) in [6.07, 6.45) is 2.07. The Balaban J connectivity index is 1.84. The van der Waals surface area contributed by atoms with Crippen molar-refractivity contribution in [1.29, 1.82) is 0 Å². The zero-order valence-electron chi connectivity index (χ0n) is 17.6. The molecule has 1 aliphatic heterocycles. The topological polar surface area (TPSA) is 94.0 Å². The molecule has 3 aromatic rings. The van der Waals surface area contributed by atoms with E-state index < -0.39 is 15.4 Å². The van der Waals surface area contributed by atoms with Gasteiger partial charge in [0.2, 0.25) is 0 Å². The number of hydrogen-bond acceptors (Lipinski definition) is 5. The zero-order valence-corrected chi connectivity index (χ0v) is 18.5. The molecule has 1 amide bonds. The fraction of sp³-hybridized carbons (Fsp3) is 0.409. The van der Waals surface area contributed by atoms with Crippen LogP contribution in [0.3, 0.4) is 0 Å². The SMILES string of the molecule is Cc1ccccc1-c1cc(C(=O)NC2(C)CCS(=O)(=O)C2)c2cnn(C(C)C)c2n1. The highest BCUT2D eigenvalue weighted by atomic mass is 32.2. The summed E-state index contributed by atoms with van der Waals surface area (Å²) < 4.78 is 25.7. The van der Waals surface area contributed by atoms with Crippen LogP contribution in [0.25, 0.3) is 22.3 Å². The molecule has 1 saturated heterocycles. The van der Waals surface area contributed by atoms with Crippen LogP contribution < -0.4 is 5.32 Å². The van der Waals surface area contributed by atoms with Gasteiger partial charge < -0.3 is 5.32 Å². The smallest absolute Gasteiger partial charge is 0.252 e. The van der Waals surface area contributed by atoms with Crippen molar-refractivity contribution in [2.24, 2.45) is 0 Å². The number of sulfone groups is 1. The van der Waals surface area contributed by atoms with Crippen LogP contribution in [0.15, 0.2) is 36.5 Å². The van der Waals surface area contributed by atoms with Crippen molar-refractivity contribution in [1.82, 2.24) is 20.1 Å². The van der Waals surface area contributed by atoms with Crippen molar-refractivity contribution in [3.8, 4) is 11.3 Å². The summed E-state index contributed by atoms with van der Waals surface area (Å²) in [5, 5.41) is 8.07. The third-order valence-corrected chi connectivity index (χ3v) is 7.54. The van der Waals surface area contributed by atoms with E-state index in [1.54, 1.807) is 23.9 Å². The highest BCUT2D eigenvalue weighted by Crippen LogP contribution is 2.29. The maximum absolute atomic E-state index is 13.3. The summed E-state index contributed by atoms with van der Waals surface area (Å²) in [5.74, 6) is -0.259. The van der Waals surface area contributed by atoms with Gasteiger partial charge in [-0.05, 0) is 45.7 Å². The number of nitrogens with zero attached hydrogens (tertiary/aromatic N) is 3. The van der Waals surface area contributed by atoms with Crippen molar-refractivity contribution in [3.05, 3.63) is 47.7 Å². The van der Waals surface area contributed by atoms with Gasteiger partial charge in [-0.15, -0.1) is 0 Å². The van der Waals surface area contributed by atoms with Gasteiger partial charge in [-0.25, -0.2) is 18.1 Å². The van der Waals surface area contributed by atoms with E-state index in [1.165, 1.54) is 0 Å². The van der Waals surface area contributed by atoms with Gasteiger partial charge >= 0.3 is 0 Å². The van der Waals surface area contributed by atoms with Gasteiger partial charge in [0.1, 0.15) is 0 Å². The molecule has 158 valence electrons. The fourth-order valence-corrected chi connectivity index (χ4v) is 6.13. The lowest BCUT2D eigenvalue weighted by Crippen LogP contribution is -2.47. The van der Waals surface area contributed by atoms with Gasteiger partial charge in [0, 0.05) is 11.6 Å². The molecule has 0 radical (unpaired) electrons. The first kappa shape index (κ1) is 20.5. The molecule has 1 fully saturated rings. The van der Waals surface area contributed by atoms with Crippen molar-refractivity contribution >= 4 is 26.8 Å². The van der Waals surface area contributed by atoms with Crippen molar-refractivity contribution in [2.45, 2.75) is 45.7 Å². The number of hydrogen-bond donors (Lipinski definition) is 1. The molecule has 1 unspecified atom stereocenters. The minimum Gasteiger partial charge on any atom is -0.346 e. The number of fused-ring (bicyclic) bond motifs is 1. The Hall–Kier alpha value is -2.74. The van der Waals surface area contributed by atoms with Crippen molar-refractivity contribution in [2.75, 3.05) is 11.5 Å². The second kappa shape index (κ2) is 7.19. The number of nitrogens with one attached hydrogen (secondary N) is 1. The Kier molecular flexibility index (Phi) is 4.92. The Morgan fingerprint density at radius 1 is 1.27 bits per heavy atom. The van der Waals surface area contributed by atoms with Gasteiger partial charge in [-0.1, -0.05) is 24.3 Å². The molecular weight excluding hydrogens is 400 g/mol. The molecule has 8 heteroatoms. The number of carbonyl (C=O) groups is 1. The Bertz CT molecular complexity index is 1250. The fourth-order valence-electron chi connectivity index (χ4n) is 4.03. The lowest BCUT2D eigenvalue weighted by molar-refractivity contribution is 0.0917. The van der Waals surface area contributed by atoms with Crippen LogP contribution >= 0.6 is 0 Å². The summed E-state index contributed by atoms with van der Waals surface area (Å²) in [7, 11) is -3.13. The first-order valence-corrected chi connectivity index (χ1v) is 11.9. The van der Waals surface area contributed by atoms with Crippen LogP contribution in [0.5, 0.6) is 0 Å². The molecule has 0 saturated carbocycles. The molecule has 1 aliphatic rings. The lowest BCUT2D eigenvalue weighted by Gasteiger charge is -2.24. The van der Waals surface area contributed by atoms with Gasteiger partial charge in [-0.2, -0.15) is 5.10 Å². The van der Waals surface area contributed by atoms with Crippen LogP contribution in [-0.2, 0) is 9.84 Å². The van der Waals surface area contributed by atoms with E-state index in [0.29, 0.717) is 28.7 Å². The molecule has 30 heavy (non-hydrogen) atoms.